The number of para-hydroxylation sites is 2. The van der Waals surface area contributed by atoms with E-state index >= 15 is 0 Å². The van der Waals surface area contributed by atoms with E-state index < -0.39 is 0 Å². The number of likely N-dealkylation sites (tertiary alicyclic amines) is 1. The maximum absolute atomic E-state index is 5.99. The molecule has 1 fully saturated rings. The van der Waals surface area contributed by atoms with E-state index in [4.69, 9.17) is 9.47 Å². The van der Waals surface area contributed by atoms with Crippen LogP contribution < -0.4 is 20.1 Å². The summed E-state index contributed by atoms with van der Waals surface area (Å²) >= 11 is 0. The Kier molecular flexibility index (Phi) is 11.5. The average molecular weight is 490 g/mol. The van der Waals surface area contributed by atoms with Gasteiger partial charge in [0.15, 0.2) is 17.5 Å². The fraction of sp³-hybridized carbons (Fsp3) is 0.650. The first kappa shape index (κ1) is 23.8. The van der Waals surface area contributed by atoms with Crippen molar-refractivity contribution in [1.82, 2.24) is 15.5 Å². The van der Waals surface area contributed by atoms with Crippen LogP contribution in [0.5, 0.6) is 11.5 Å². The molecule has 27 heavy (non-hydrogen) atoms. The lowest BCUT2D eigenvalue weighted by Crippen LogP contribution is -2.50. The lowest BCUT2D eigenvalue weighted by atomic mass is 10.1. The van der Waals surface area contributed by atoms with Crippen molar-refractivity contribution in [2.75, 3.05) is 40.3 Å². The summed E-state index contributed by atoms with van der Waals surface area (Å²) in [5.74, 6) is 2.35. The fourth-order valence-corrected chi connectivity index (χ4v) is 3.22. The molecule has 0 amide bonds. The van der Waals surface area contributed by atoms with Gasteiger partial charge in [-0.25, -0.2) is 0 Å². The van der Waals surface area contributed by atoms with E-state index in [1.807, 2.05) is 38.2 Å². The van der Waals surface area contributed by atoms with E-state index in [-0.39, 0.29) is 30.1 Å². The number of aliphatic imine (C=N–C) groups is 1. The van der Waals surface area contributed by atoms with Crippen molar-refractivity contribution in [2.45, 2.75) is 45.3 Å². The molecule has 1 atom stereocenters. The fourth-order valence-electron chi connectivity index (χ4n) is 3.22. The summed E-state index contributed by atoms with van der Waals surface area (Å²) in [4.78, 5) is 6.89. The van der Waals surface area contributed by atoms with Gasteiger partial charge in [0.1, 0.15) is 6.10 Å². The number of hydrogen-bond donors (Lipinski definition) is 2. The van der Waals surface area contributed by atoms with Gasteiger partial charge in [-0.05, 0) is 44.9 Å². The third-order valence-corrected chi connectivity index (χ3v) is 4.65. The maximum atomic E-state index is 5.99. The minimum Gasteiger partial charge on any atom is -0.493 e. The van der Waals surface area contributed by atoms with Gasteiger partial charge in [0.25, 0.3) is 0 Å². The molecule has 0 bridgehead atoms. The van der Waals surface area contributed by atoms with Gasteiger partial charge in [0, 0.05) is 26.2 Å². The topological polar surface area (TPSA) is 58.1 Å². The highest BCUT2D eigenvalue weighted by atomic mass is 127. The van der Waals surface area contributed by atoms with Crippen LogP contribution in [0.1, 0.15) is 33.1 Å². The van der Waals surface area contributed by atoms with Crippen molar-refractivity contribution >= 4 is 29.9 Å². The highest BCUT2D eigenvalue weighted by molar-refractivity contribution is 14.0. The number of hydrogen-bond acceptors (Lipinski definition) is 4. The van der Waals surface area contributed by atoms with Crippen LogP contribution in [-0.4, -0.2) is 63.3 Å². The van der Waals surface area contributed by atoms with Gasteiger partial charge < -0.3 is 25.0 Å². The van der Waals surface area contributed by atoms with E-state index in [1.165, 1.54) is 13.0 Å². The molecule has 1 aromatic carbocycles. The van der Waals surface area contributed by atoms with Gasteiger partial charge in [-0.1, -0.05) is 19.1 Å². The quantitative estimate of drug-likeness (QED) is 0.333. The van der Waals surface area contributed by atoms with E-state index in [2.05, 4.69) is 27.4 Å². The number of ether oxygens (including phenoxy) is 2. The molecular formula is C20H35IN4O2. The number of methoxy groups -OCH3 is 1. The zero-order valence-corrected chi connectivity index (χ0v) is 19.4. The van der Waals surface area contributed by atoms with Crippen LogP contribution in [0.3, 0.4) is 0 Å². The monoisotopic (exact) mass is 490 g/mol. The summed E-state index contributed by atoms with van der Waals surface area (Å²) in [5.41, 5.74) is 0. The van der Waals surface area contributed by atoms with Gasteiger partial charge in [-0.15, -0.1) is 24.0 Å². The van der Waals surface area contributed by atoms with E-state index in [1.54, 1.807) is 7.11 Å². The molecule has 0 saturated carbocycles. The van der Waals surface area contributed by atoms with E-state index in [9.17, 15) is 0 Å². The zero-order chi connectivity index (χ0) is 18.8. The van der Waals surface area contributed by atoms with Crippen molar-refractivity contribution in [3.8, 4) is 11.5 Å². The Balaban J connectivity index is 0.00000364. The second-order valence-corrected chi connectivity index (χ2v) is 6.79. The second kappa shape index (κ2) is 13.0. The summed E-state index contributed by atoms with van der Waals surface area (Å²) in [7, 11) is 3.47. The molecule has 0 aromatic heterocycles. The lowest BCUT2D eigenvalue weighted by molar-refractivity contribution is 0.204. The number of piperidine rings is 1. The minimum absolute atomic E-state index is 0. The van der Waals surface area contributed by atoms with Crippen LogP contribution in [0.2, 0.25) is 0 Å². The smallest absolute Gasteiger partial charge is 0.191 e. The standard InChI is InChI=1S/C20H34N4O2.HI/c1-5-12-24-13-10-17(11-14-24)23-20(21-3)22-15-16(2)26-19-9-7-6-8-18(19)25-4;/h6-9,16-17H,5,10-15H2,1-4H3,(H2,21,22,23);1H. The predicted octanol–water partition coefficient (Wildman–Crippen LogP) is 3.12. The molecule has 1 aliphatic rings. The van der Waals surface area contributed by atoms with Gasteiger partial charge in [-0.2, -0.15) is 0 Å². The Labute approximate surface area is 181 Å². The zero-order valence-electron chi connectivity index (χ0n) is 17.0. The first-order valence-corrected chi connectivity index (χ1v) is 9.65. The summed E-state index contributed by atoms with van der Waals surface area (Å²) in [5, 5.41) is 6.91. The number of guanidine groups is 1. The number of nitrogens with one attached hydrogen (secondary N) is 2. The van der Waals surface area contributed by atoms with Gasteiger partial charge in [0.05, 0.1) is 13.7 Å². The van der Waals surface area contributed by atoms with Crippen LogP contribution in [-0.2, 0) is 0 Å². The summed E-state index contributed by atoms with van der Waals surface area (Å²) in [6.45, 7) is 8.48. The Morgan fingerprint density at radius 2 is 1.93 bits per heavy atom. The molecule has 0 spiro atoms. The Hall–Kier alpha value is -1.22. The first-order chi connectivity index (χ1) is 12.7. The Morgan fingerprint density at radius 3 is 2.52 bits per heavy atom. The van der Waals surface area contributed by atoms with Crippen molar-refractivity contribution in [2.24, 2.45) is 4.99 Å². The van der Waals surface area contributed by atoms with Crippen molar-refractivity contribution in [3.63, 3.8) is 0 Å². The molecule has 2 N–H and O–H groups in total. The number of nitrogens with zero attached hydrogens (tertiary/aromatic N) is 2. The molecular weight excluding hydrogens is 455 g/mol. The van der Waals surface area contributed by atoms with Crippen LogP contribution in [0.15, 0.2) is 29.3 Å². The van der Waals surface area contributed by atoms with Crippen LogP contribution in [0, 0.1) is 0 Å². The average Bonchev–Trinajstić information content (AvgIpc) is 2.67. The van der Waals surface area contributed by atoms with Gasteiger partial charge >= 0.3 is 0 Å². The molecule has 1 aliphatic heterocycles. The molecule has 1 aromatic rings. The largest absolute Gasteiger partial charge is 0.493 e. The van der Waals surface area contributed by atoms with Crippen LogP contribution in [0.25, 0.3) is 0 Å². The third kappa shape index (κ3) is 8.13. The number of halogens is 1. The van der Waals surface area contributed by atoms with Crippen molar-refractivity contribution < 1.29 is 9.47 Å². The summed E-state index contributed by atoms with van der Waals surface area (Å²) < 4.78 is 11.3. The minimum atomic E-state index is -0.00347. The van der Waals surface area contributed by atoms with Crippen LogP contribution in [0.4, 0.5) is 0 Å². The van der Waals surface area contributed by atoms with E-state index in [0.29, 0.717) is 12.6 Å². The molecule has 1 heterocycles. The Morgan fingerprint density at radius 1 is 1.26 bits per heavy atom. The van der Waals surface area contributed by atoms with E-state index in [0.717, 1.165) is 43.4 Å². The number of benzene rings is 1. The predicted molar refractivity (Wildman–Crippen MR) is 123 cm³/mol. The molecule has 6 nitrogen and oxygen atoms in total. The Bertz CT molecular complexity index is 563. The normalized spacial score (nSPS) is 17.0. The van der Waals surface area contributed by atoms with Crippen molar-refractivity contribution in [3.05, 3.63) is 24.3 Å². The van der Waals surface area contributed by atoms with Crippen LogP contribution >= 0.6 is 24.0 Å². The molecule has 154 valence electrons. The maximum Gasteiger partial charge on any atom is 0.191 e. The highest BCUT2D eigenvalue weighted by Gasteiger charge is 2.19. The lowest BCUT2D eigenvalue weighted by Gasteiger charge is -2.33. The van der Waals surface area contributed by atoms with Gasteiger partial charge in [0.2, 0.25) is 0 Å². The highest BCUT2D eigenvalue weighted by Crippen LogP contribution is 2.26. The molecule has 7 heteroatoms. The third-order valence-electron chi connectivity index (χ3n) is 4.65. The molecule has 2 rings (SSSR count). The second-order valence-electron chi connectivity index (χ2n) is 6.79. The molecule has 0 aliphatic carbocycles. The molecule has 1 unspecified atom stereocenters. The number of rotatable bonds is 8. The SMILES string of the molecule is CCCN1CCC(NC(=NC)NCC(C)Oc2ccccc2OC)CC1.I. The summed E-state index contributed by atoms with van der Waals surface area (Å²) in [6.07, 6.45) is 3.55. The molecule has 0 radical (unpaired) electrons. The summed E-state index contributed by atoms with van der Waals surface area (Å²) in [6, 6.07) is 8.20. The van der Waals surface area contributed by atoms with Gasteiger partial charge in [-0.3, -0.25) is 4.99 Å². The molecule has 1 saturated heterocycles. The first-order valence-electron chi connectivity index (χ1n) is 9.65. The van der Waals surface area contributed by atoms with Crippen molar-refractivity contribution in [1.29, 1.82) is 0 Å².